The number of thiophene rings is 1. The molecule has 9 heteroatoms. The standard InChI is InChI=1S/C14H10I2N2O4S/c15-9-4-8(5-10(16)13(9)22-7-12(19)20)6-17-18-14(21)11-2-1-3-23-11/h1-6H,7H2,(H,18,21)(H,19,20)/b17-6-. The molecule has 0 saturated carbocycles. The van der Waals surface area contributed by atoms with Crippen molar-refractivity contribution in [2.75, 3.05) is 6.61 Å². The van der Waals surface area contributed by atoms with Gasteiger partial charge in [-0.3, -0.25) is 4.79 Å². The first-order valence-electron chi connectivity index (χ1n) is 6.18. The molecule has 0 bridgehead atoms. The number of carbonyl (C=O) groups excluding carboxylic acids is 1. The third-order valence-electron chi connectivity index (χ3n) is 2.49. The fourth-order valence-corrected chi connectivity index (χ4v) is 4.30. The number of rotatable bonds is 6. The van der Waals surface area contributed by atoms with Crippen molar-refractivity contribution in [3.63, 3.8) is 0 Å². The second-order valence-electron chi connectivity index (χ2n) is 4.17. The smallest absolute Gasteiger partial charge is 0.341 e. The van der Waals surface area contributed by atoms with Crippen LogP contribution in [0.1, 0.15) is 15.2 Å². The lowest BCUT2D eigenvalue weighted by atomic mass is 10.2. The van der Waals surface area contributed by atoms with Gasteiger partial charge in [-0.25, -0.2) is 10.2 Å². The molecular formula is C14H10I2N2O4S. The van der Waals surface area contributed by atoms with E-state index in [4.69, 9.17) is 9.84 Å². The van der Waals surface area contributed by atoms with Crippen molar-refractivity contribution in [2.45, 2.75) is 0 Å². The maximum Gasteiger partial charge on any atom is 0.341 e. The molecule has 1 aromatic carbocycles. The van der Waals surface area contributed by atoms with Crippen molar-refractivity contribution in [1.29, 1.82) is 0 Å². The molecule has 1 heterocycles. The monoisotopic (exact) mass is 556 g/mol. The van der Waals surface area contributed by atoms with E-state index in [0.717, 1.165) is 12.7 Å². The molecule has 0 atom stereocenters. The Balaban J connectivity index is 2.04. The average molecular weight is 556 g/mol. The van der Waals surface area contributed by atoms with Crippen molar-refractivity contribution >= 4 is 74.6 Å². The number of hydrogen-bond donors (Lipinski definition) is 2. The third kappa shape index (κ3) is 5.42. The lowest BCUT2D eigenvalue weighted by Crippen LogP contribution is -2.16. The molecule has 0 radical (unpaired) electrons. The summed E-state index contributed by atoms with van der Waals surface area (Å²) in [5.74, 6) is -0.769. The van der Waals surface area contributed by atoms with Crippen LogP contribution in [-0.4, -0.2) is 29.8 Å². The molecule has 1 amide bonds. The Kier molecular flexibility index (Phi) is 6.77. The quantitative estimate of drug-likeness (QED) is 0.325. The molecule has 0 fully saturated rings. The Morgan fingerprint density at radius 1 is 1.35 bits per heavy atom. The van der Waals surface area contributed by atoms with Gasteiger partial charge in [0.25, 0.3) is 5.91 Å². The number of halogens is 2. The molecule has 0 aliphatic heterocycles. The lowest BCUT2D eigenvalue weighted by Gasteiger charge is -2.09. The highest BCUT2D eigenvalue weighted by molar-refractivity contribution is 14.1. The molecule has 23 heavy (non-hydrogen) atoms. The van der Waals surface area contributed by atoms with Gasteiger partial charge in [-0.05, 0) is 74.3 Å². The van der Waals surface area contributed by atoms with Crippen LogP contribution in [0, 0.1) is 7.14 Å². The molecule has 6 nitrogen and oxygen atoms in total. The Hall–Kier alpha value is -1.21. The second-order valence-corrected chi connectivity index (χ2v) is 7.44. The van der Waals surface area contributed by atoms with E-state index in [-0.39, 0.29) is 5.91 Å². The molecular weight excluding hydrogens is 546 g/mol. The first kappa shape index (κ1) is 18.1. The summed E-state index contributed by atoms with van der Waals surface area (Å²) in [6.07, 6.45) is 1.52. The fraction of sp³-hybridized carbons (Fsp3) is 0.0714. The van der Waals surface area contributed by atoms with Gasteiger partial charge in [0.15, 0.2) is 6.61 Å². The average Bonchev–Trinajstić information content (AvgIpc) is 3.00. The lowest BCUT2D eigenvalue weighted by molar-refractivity contribution is -0.139. The highest BCUT2D eigenvalue weighted by atomic mass is 127. The molecule has 0 saturated heterocycles. The number of nitrogens with zero attached hydrogens (tertiary/aromatic N) is 1. The van der Waals surface area contributed by atoms with Crippen LogP contribution in [0.2, 0.25) is 0 Å². The molecule has 0 aliphatic rings. The van der Waals surface area contributed by atoms with Gasteiger partial charge >= 0.3 is 5.97 Å². The minimum absolute atomic E-state index is 0.262. The number of benzene rings is 1. The molecule has 0 aliphatic carbocycles. The van der Waals surface area contributed by atoms with Gasteiger partial charge in [-0.1, -0.05) is 6.07 Å². The van der Waals surface area contributed by atoms with Crippen molar-refractivity contribution in [3.8, 4) is 5.75 Å². The minimum atomic E-state index is -1.03. The summed E-state index contributed by atoms with van der Waals surface area (Å²) >= 11 is 5.46. The zero-order chi connectivity index (χ0) is 16.8. The molecule has 0 unspecified atom stereocenters. The largest absolute Gasteiger partial charge is 0.480 e. The summed E-state index contributed by atoms with van der Waals surface area (Å²) in [7, 11) is 0. The van der Waals surface area contributed by atoms with E-state index in [1.54, 1.807) is 24.3 Å². The van der Waals surface area contributed by atoms with Crippen molar-refractivity contribution in [3.05, 3.63) is 47.2 Å². The number of carboxylic acid groups (broad SMARTS) is 1. The molecule has 120 valence electrons. The van der Waals surface area contributed by atoms with E-state index in [2.05, 4.69) is 55.7 Å². The summed E-state index contributed by atoms with van der Waals surface area (Å²) in [5.41, 5.74) is 3.23. The van der Waals surface area contributed by atoms with Gasteiger partial charge in [-0.2, -0.15) is 5.10 Å². The molecule has 1 aromatic heterocycles. The summed E-state index contributed by atoms with van der Waals surface area (Å²) in [5, 5.41) is 14.4. The predicted octanol–water partition coefficient (Wildman–Crippen LogP) is 3.18. The minimum Gasteiger partial charge on any atom is -0.480 e. The number of aliphatic carboxylic acids is 1. The summed E-state index contributed by atoms with van der Waals surface area (Å²) in [4.78, 5) is 22.9. The normalized spacial score (nSPS) is 10.7. The zero-order valence-electron chi connectivity index (χ0n) is 11.5. The fourth-order valence-electron chi connectivity index (χ4n) is 1.55. The van der Waals surface area contributed by atoms with Gasteiger partial charge in [0.2, 0.25) is 0 Å². The Labute approximate surface area is 163 Å². The first-order valence-corrected chi connectivity index (χ1v) is 9.21. The van der Waals surface area contributed by atoms with Crippen LogP contribution in [0.25, 0.3) is 0 Å². The first-order chi connectivity index (χ1) is 11.0. The Morgan fingerprint density at radius 2 is 2.04 bits per heavy atom. The topological polar surface area (TPSA) is 88.0 Å². The van der Waals surface area contributed by atoms with Gasteiger partial charge in [0, 0.05) is 0 Å². The van der Waals surface area contributed by atoms with Gasteiger partial charge in [-0.15, -0.1) is 11.3 Å². The van der Waals surface area contributed by atoms with Crippen molar-refractivity contribution < 1.29 is 19.4 Å². The summed E-state index contributed by atoms with van der Waals surface area (Å²) < 4.78 is 6.78. The van der Waals surface area contributed by atoms with E-state index in [1.165, 1.54) is 17.6 Å². The van der Waals surface area contributed by atoms with Crippen LogP contribution in [0.15, 0.2) is 34.7 Å². The number of hydrogen-bond acceptors (Lipinski definition) is 5. The number of amides is 1. The SMILES string of the molecule is O=C(O)COc1c(I)cc(/C=N\NC(=O)c2cccs2)cc1I. The molecule has 2 rings (SSSR count). The number of nitrogens with one attached hydrogen (secondary N) is 1. The van der Waals surface area contributed by atoms with Crippen LogP contribution in [0.4, 0.5) is 0 Å². The third-order valence-corrected chi connectivity index (χ3v) is 4.96. The number of carboxylic acids is 1. The second kappa shape index (κ2) is 8.59. The van der Waals surface area contributed by atoms with Crippen molar-refractivity contribution in [2.24, 2.45) is 5.10 Å². The van der Waals surface area contributed by atoms with E-state index in [0.29, 0.717) is 10.6 Å². The van der Waals surface area contributed by atoms with Crippen LogP contribution in [0.3, 0.4) is 0 Å². The summed E-state index contributed by atoms with van der Waals surface area (Å²) in [6.45, 7) is -0.393. The zero-order valence-corrected chi connectivity index (χ0v) is 16.6. The maximum absolute atomic E-state index is 11.7. The number of ether oxygens (including phenoxy) is 1. The molecule has 0 spiro atoms. The Morgan fingerprint density at radius 3 is 2.61 bits per heavy atom. The van der Waals surface area contributed by atoms with Crippen LogP contribution < -0.4 is 10.2 Å². The number of carbonyl (C=O) groups is 2. The van der Waals surface area contributed by atoms with Gasteiger partial charge in [0.1, 0.15) is 5.75 Å². The predicted molar refractivity (Wildman–Crippen MR) is 104 cm³/mol. The van der Waals surface area contributed by atoms with Crippen LogP contribution in [0.5, 0.6) is 5.75 Å². The highest BCUT2D eigenvalue weighted by Gasteiger charge is 2.10. The maximum atomic E-state index is 11.7. The van der Waals surface area contributed by atoms with Crippen molar-refractivity contribution in [1.82, 2.24) is 5.43 Å². The van der Waals surface area contributed by atoms with E-state index >= 15 is 0 Å². The van der Waals surface area contributed by atoms with E-state index in [1.807, 2.05) is 5.38 Å². The van der Waals surface area contributed by atoms with Gasteiger partial charge < -0.3 is 9.84 Å². The van der Waals surface area contributed by atoms with Crippen LogP contribution >= 0.6 is 56.5 Å². The number of hydrazone groups is 1. The van der Waals surface area contributed by atoms with E-state index < -0.39 is 12.6 Å². The Bertz CT molecular complexity index is 724. The molecule has 2 aromatic rings. The summed E-state index contributed by atoms with van der Waals surface area (Å²) in [6, 6.07) is 7.10. The van der Waals surface area contributed by atoms with Gasteiger partial charge in [0.05, 0.1) is 18.2 Å². The van der Waals surface area contributed by atoms with Crippen LogP contribution in [-0.2, 0) is 4.79 Å². The molecule has 2 N–H and O–H groups in total. The van der Waals surface area contributed by atoms with E-state index in [9.17, 15) is 9.59 Å². The highest BCUT2D eigenvalue weighted by Crippen LogP contribution is 2.28.